The van der Waals surface area contributed by atoms with E-state index in [9.17, 15) is 0 Å². The van der Waals surface area contributed by atoms with E-state index in [1.54, 1.807) is 0 Å². The van der Waals surface area contributed by atoms with Gasteiger partial charge in [0.2, 0.25) is 5.95 Å². The second-order valence-electron chi connectivity index (χ2n) is 6.50. The Labute approximate surface area is 131 Å². The summed E-state index contributed by atoms with van der Waals surface area (Å²) in [6.45, 7) is 10.2. The third-order valence-electron chi connectivity index (χ3n) is 4.48. The third-order valence-corrected chi connectivity index (χ3v) is 5.42. The van der Waals surface area contributed by atoms with Gasteiger partial charge < -0.3 is 14.2 Å². The van der Waals surface area contributed by atoms with Crippen LogP contribution in [0.1, 0.15) is 27.7 Å². The number of rotatable bonds is 2. The summed E-state index contributed by atoms with van der Waals surface area (Å²) in [5, 5.41) is 0. The third kappa shape index (κ3) is 2.91. The zero-order valence-electron chi connectivity index (χ0n) is 13.1. The molecule has 2 saturated heterocycles. The molecule has 7 heteroatoms. The molecule has 0 aliphatic carbocycles. The van der Waals surface area contributed by atoms with Gasteiger partial charge in [-0.25, -0.2) is 9.97 Å². The van der Waals surface area contributed by atoms with E-state index >= 15 is 0 Å². The number of nitrogens with zero attached hydrogens (tertiary/aromatic N) is 3. The van der Waals surface area contributed by atoms with E-state index in [4.69, 9.17) is 9.31 Å². The molecular formula is C14H22BN3O2S. The van der Waals surface area contributed by atoms with Crippen molar-refractivity contribution < 1.29 is 9.31 Å². The molecule has 0 N–H and O–H groups in total. The lowest BCUT2D eigenvalue weighted by molar-refractivity contribution is 0.00578. The standard InChI is InChI=1S/C14H22BN3O2S/c1-13(2)14(3,4)20-15(19-13)11-9-16-12(17-10-11)18-5-7-21-8-6-18/h9-10H,5-8H2,1-4H3. The van der Waals surface area contributed by atoms with Crippen molar-refractivity contribution in [2.75, 3.05) is 29.5 Å². The van der Waals surface area contributed by atoms with E-state index in [1.165, 1.54) is 0 Å². The molecule has 3 heterocycles. The van der Waals surface area contributed by atoms with Crippen molar-refractivity contribution >= 4 is 30.3 Å². The lowest BCUT2D eigenvalue weighted by atomic mass is 9.81. The van der Waals surface area contributed by atoms with Gasteiger partial charge in [-0.15, -0.1) is 0 Å². The van der Waals surface area contributed by atoms with Gasteiger partial charge in [0, 0.05) is 42.5 Å². The highest BCUT2D eigenvalue weighted by Crippen LogP contribution is 2.36. The maximum absolute atomic E-state index is 6.02. The lowest BCUT2D eigenvalue weighted by Crippen LogP contribution is -2.41. The molecule has 0 spiro atoms. The summed E-state index contributed by atoms with van der Waals surface area (Å²) >= 11 is 1.98. The zero-order valence-corrected chi connectivity index (χ0v) is 13.9. The average Bonchev–Trinajstić information content (AvgIpc) is 2.69. The SMILES string of the molecule is CC1(C)OB(c2cnc(N3CCSCC3)nc2)OC1(C)C. The van der Waals surface area contributed by atoms with Crippen LogP contribution in [-0.2, 0) is 9.31 Å². The van der Waals surface area contributed by atoms with Crippen LogP contribution in [0.5, 0.6) is 0 Å². The summed E-state index contributed by atoms with van der Waals surface area (Å²) in [6.07, 6.45) is 3.65. The van der Waals surface area contributed by atoms with Crippen molar-refractivity contribution in [3.05, 3.63) is 12.4 Å². The predicted molar refractivity (Wildman–Crippen MR) is 87.3 cm³/mol. The fourth-order valence-electron chi connectivity index (χ4n) is 2.36. The molecule has 0 radical (unpaired) electrons. The zero-order chi connectivity index (χ0) is 15.1. The van der Waals surface area contributed by atoms with Crippen molar-refractivity contribution in [1.29, 1.82) is 0 Å². The van der Waals surface area contributed by atoms with Gasteiger partial charge in [0.1, 0.15) is 0 Å². The second kappa shape index (κ2) is 5.45. The first-order valence-electron chi connectivity index (χ1n) is 7.39. The van der Waals surface area contributed by atoms with Gasteiger partial charge >= 0.3 is 7.12 Å². The minimum absolute atomic E-state index is 0.333. The van der Waals surface area contributed by atoms with Gasteiger partial charge in [-0.05, 0) is 27.7 Å². The van der Waals surface area contributed by atoms with Gasteiger partial charge in [-0.2, -0.15) is 11.8 Å². The lowest BCUT2D eigenvalue weighted by Gasteiger charge is -2.32. The molecule has 0 saturated carbocycles. The molecule has 1 aromatic rings. The Morgan fingerprint density at radius 3 is 2.10 bits per heavy atom. The average molecular weight is 307 g/mol. The van der Waals surface area contributed by atoms with Crippen LogP contribution in [0.15, 0.2) is 12.4 Å². The molecule has 114 valence electrons. The molecule has 0 bridgehead atoms. The predicted octanol–water partition coefficient (Wildman–Crippen LogP) is 1.33. The Morgan fingerprint density at radius 1 is 1.05 bits per heavy atom. The summed E-state index contributed by atoms with van der Waals surface area (Å²) < 4.78 is 12.0. The minimum atomic E-state index is -0.388. The Morgan fingerprint density at radius 2 is 1.57 bits per heavy atom. The first-order chi connectivity index (χ1) is 9.89. The summed E-state index contributed by atoms with van der Waals surface area (Å²) in [7, 11) is -0.388. The first-order valence-corrected chi connectivity index (χ1v) is 8.55. The van der Waals surface area contributed by atoms with Gasteiger partial charge in [-0.3, -0.25) is 0 Å². The number of aromatic nitrogens is 2. The number of hydrogen-bond acceptors (Lipinski definition) is 6. The Hall–Kier alpha value is -0.785. The Bertz CT molecular complexity index is 487. The maximum Gasteiger partial charge on any atom is 0.498 e. The van der Waals surface area contributed by atoms with Crippen LogP contribution < -0.4 is 10.4 Å². The molecule has 5 nitrogen and oxygen atoms in total. The molecule has 0 unspecified atom stereocenters. The second-order valence-corrected chi connectivity index (χ2v) is 7.73. The van der Waals surface area contributed by atoms with Crippen molar-refractivity contribution in [2.45, 2.75) is 38.9 Å². The van der Waals surface area contributed by atoms with E-state index < -0.39 is 0 Å². The van der Waals surface area contributed by atoms with Crippen molar-refractivity contribution in [1.82, 2.24) is 9.97 Å². The Balaban J connectivity index is 1.73. The topological polar surface area (TPSA) is 47.5 Å². The minimum Gasteiger partial charge on any atom is -0.399 e. The van der Waals surface area contributed by atoms with E-state index in [0.717, 1.165) is 36.0 Å². The molecular weight excluding hydrogens is 285 g/mol. The van der Waals surface area contributed by atoms with E-state index in [1.807, 2.05) is 51.9 Å². The highest BCUT2D eigenvalue weighted by Gasteiger charge is 2.51. The molecule has 3 rings (SSSR count). The summed E-state index contributed by atoms with van der Waals surface area (Å²) in [5.74, 6) is 3.08. The van der Waals surface area contributed by atoms with Crippen molar-refractivity contribution in [3.8, 4) is 0 Å². The van der Waals surface area contributed by atoms with Gasteiger partial charge in [0.25, 0.3) is 0 Å². The van der Waals surface area contributed by atoms with Crippen LogP contribution in [-0.4, -0.2) is 52.9 Å². The van der Waals surface area contributed by atoms with Crippen LogP contribution in [0.2, 0.25) is 0 Å². The van der Waals surface area contributed by atoms with Gasteiger partial charge in [0.05, 0.1) is 11.2 Å². The molecule has 0 amide bonds. The van der Waals surface area contributed by atoms with Crippen LogP contribution in [0.4, 0.5) is 5.95 Å². The van der Waals surface area contributed by atoms with Crippen molar-refractivity contribution in [3.63, 3.8) is 0 Å². The van der Waals surface area contributed by atoms with Crippen LogP contribution in [0, 0.1) is 0 Å². The highest BCUT2D eigenvalue weighted by atomic mass is 32.2. The maximum atomic E-state index is 6.02. The van der Waals surface area contributed by atoms with E-state index in [2.05, 4.69) is 14.9 Å². The quantitative estimate of drug-likeness (QED) is 0.768. The number of hydrogen-bond donors (Lipinski definition) is 0. The van der Waals surface area contributed by atoms with Crippen molar-refractivity contribution in [2.24, 2.45) is 0 Å². The van der Waals surface area contributed by atoms with Crippen LogP contribution >= 0.6 is 11.8 Å². The van der Waals surface area contributed by atoms with Crippen LogP contribution in [0.3, 0.4) is 0 Å². The summed E-state index contributed by atoms with van der Waals surface area (Å²) in [5.41, 5.74) is 0.213. The molecule has 0 aromatic carbocycles. The normalized spacial score (nSPS) is 24.4. The van der Waals surface area contributed by atoms with E-state index in [0.29, 0.717) is 0 Å². The molecule has 2 aliphatic rings. The largest absolute Gasteiger partial charge is 0.498 e. The smallest absolute Gasteiger partial charge is 0.399 e. The Kier molecular flexibility index (Phi) is 3.92. The van der Waals surface area contributed by atoms with E-state index in [-0.39, 0.29) is 18.3 Å². The summed E-state index contributed by atoms with van der Waals surface area (Å²) in [6, 6.07) is 0. The number of anilines is 1. The molecule has 21 heavy (non-hydrogen) atoms. The monoisotopic (exact) mass is 307 g/mol. The highest BCUT2D eigenvalue weighted by molar-refractivity contribution is 7.99. The van der Waals surface area contributed by atoms with Crippen LogP contribution in [0.25, 0.3) is 0 Å². The first kappa shape index (κ1) is 15.1. The molecule has 2 aliphatic heterocycles. The number of thioether (sulfide) groups is 1. The molecule has 1 aromatic heterocycles. The fourth-order valence-corrected chi connectivity index (χ4v) is 3.26. The fraction of sp³-hybridized carbons (Fsp3) is 0.714. The molecule has 0 atom stereocenters. The van der Waals surface area contributed by atoms with Gasteiger partial charge in [-0.1, -0.05) is 0 Å². The summed E-state index contributed by atoms with van der Waals surface area (Å²) in [4.78, 5) is 11.2. The van der Waals surface area contributed by atoms with Gasteiger partial charge in [0.15, 0.2) is 0 Å². The molecule has 2 fully saturated rings.